The van der Waals surface area contributed by atoms with Gasteiger partial charge in [0, 0.05) is 31.2 Å². The second-order valence-corrected chi connectivity index (χ2v) is 7.87. The van der Waals surface area contributed by atoms with E-state index in [1.807, 2.05) is 0 Å². The molecule has 6 heteroatoms. The third-order valence-corrected chi connectivity index (χ3v) is 6.05. The van der Waals surface area contributed by atoms with Crippen molar-refractivity contribution in [3.8, 4) is 23.8 Å². The van der Waals surface area contributed by atoms with Gasteiger partial charge in [0.2, 0.25) is 6.79 Å². The van der Waals surface area contributed by atoms with Gasteiger partial charge in [0.1, 0.15) is 0 Å². The number of carbonyl (C=O) groups excluding carboxylic acids is 1. The maximum atomic E-state index is 12.5. The predicted octanol–water partition coefficient (Wildman–Crippen LogP) is 1.42. The Labute approximate surface area is 160 Å². The van der Waals surface area contributed by atoms with Gasteiger partial charge in [-0.2, -0.15) is 0 Å². The number of hydrogen-bond donors (Lipinski definition) is 1. The van der Waals surface area contributed by atoms with E-state index in [1.54, 1.807) is 18.2 Å². The van der Waals surface area contributed by atoms with Gasteiger partial charge in [-0.05, 0) is 56.5 Å². The molecule has 3 saturated heterocycles. The minimum Gasteiger partial charge on any atom is -0.454 e. The van der Waals surface area contributed by atoms with Gasteiger partial charge >= 0.3 is 0 Å². The van der Waals surface area contributed by atoms with Crippen LogP contribution in [-0.2, 0) is 0 Å². The highest BCUT2D eigenvalue weighted by Crippen LogP contribution is 2.36. The molecule has 3 fully saturated rings. The van der Waals surface area contributed by atoms with E-state index in [-0.39, 0.29) is 12.7 Å². The maximum Gasteiger partial charge on any atom is 0.251 e. The minimum absolute atomic E-state index is 0.0544. The number of benzene rings is 1. The predicted molar refractivity (Wildman–Crippen MR) is 103 cm³/mol. The number of amides is 1. The van der Waals surface area contributed by atoms with Crippen LogP contribution in [0.5, 0.6) is 11.5 Å². The fourth-order valence-electron chi connectivity index (χ4n) is 4.64. The quantitative estimate of drug-likeness (QED) is 0.769. The van der Waals surface area contributed by atoms with Crippen LogP contribution in [0.2, 0.25) is 0 Å². The molecule has 0 aliphatic carbocycles. The Balaban J connectivity index is 1.30. The van der Waals surface area contributed by atoms with Gasteiger partial charge in [-0.1, -0.05) is 5.92 Å². The molecular formula is C21H27N3O3. The van der Waals surface area contributed by atoms with Gasteiger partial charge in [0.15, 0.2) is 11.5 Å². The van der Waals surface area contributed by atoms with Gasteiger partial charge in [-0.3, -0.25) is 14.6 Å². The van der Waals surface area contributed by atoms with Crippen LogP contribution in [0.1, 0.15) is 23.2 Å². The van der Waals surface area contributed by atoms with E-state index in [2.05, 4.69) is 28.1 Å². The van der Waals surface area contributed by atoms with Crippen LogP contribution in [0, 0.1) is 24.2 Å². The first-order chi connectivity index (χ1) is 13.1. The van der Waals surface area contributed by atoms with E-state index in [9.17, 15) is 4.79 Å². The fraction of sp³-hybridized carbons (Fsp3) is 0.571. The molecule has 4 unspecified atom stereocenters. The molecule has 1 aromatic rings. The van der Waals surface area contributed by atoms with Gasteiger partial charge in [-0.15, -0.1) is 6.42 Å². The van der Waals surface area contributed by atoms with Crippen molar-refractivity contribution in [3.63, 3.8) is 0 Å². The Kier molecular flexibility index (Phi) is 5.24. The van der Waals surface area contributed by atoms with Crippen molar-refractivity contribution in [2.75, 3.05) is 46.6 Å². The fourth-order valence-corrected chi connectivity index (χ4v) is 4.64. The van der Waals surface area contributed by atoms with E-state index in [0.717, 1.165) is 32.0 Å². The molecule has 1 amide bonds. The molecule has 2 bridgehead atoms. The Morgan fingerprint density at radius 2 is 2.26 bits per heavy atom. The van der Waals surface area contributed by atoms with Crippen LogP contribution < -0.4 is 14.8 Å². The van der Waals surface area contributed by atoms with Crippen LogP contribution in [0.25, 0.3) is 0 Å². The first-order valence-corrected chi connectivity index (χ1v) is 9.68. The minimum atomic E-state index is -0.0544. The number of rotatable bonds is 6. The second-order valence-electron chi connectivity index (χ2n) is 7.87. The third kappa shape index (κ3) is 3.90. The van der Waals surface area contributed by atoms with E-state index in [1.165, 1.54) is 6.42 Å². The number of fused-ring (bicyclic) bond motifs is 4. The van der Waals surface area contributed by atoms with Gasteiger partial charge < -0.3 is 14.8 Å². The van der Waals surface area contributed by atoms with Gasteiger partial charge in [-0.25, -0.2) is 0 Å². The van der Waals surface area contributed by atoms with Crippen molar-refractivity contribution < 1.29 is 14.3 Å². The molecule has 0 saturated carbocycles. The average Bonchev–Trinajstić information content (AvgIpc) is 3.15. The summed E-state index contributed by atoms with van der Waals surface area (Å²) < 4.78 is 10.7. The summed E-state index contributed by atoms with van der Waals surface area (Å²) in [6, 6.07) is 5.76. The van der Waals surface area contributed by atoms with E-state index in [4.69, 9.17) is 15.9 Å². The standard InChI is InChI=1S/C21H27N3O3/c1-3-7-23(2)12-17-13-24-8-6-15(17)9-18(24)11-22-21(25)16-4-5-19-20(10-16)27-14-26-19/h1,4-5,10,15,17-18H,6-9,11-14H2,2H3,(H,22,25). The molecule has 0 aromatic heterocycles. The van der Waals surface area contributed by atoms with Crippen molar-refractivity contribution in [3.05, 3.63) is 23.8 Å². The summed E-state index contributed by atoms with van der Waals surface area (Å²) in [5.41, 5.74) is 0.615. The molecule has 4 aliphatic heterocycles. The first kappa shape index (κ1) is 18.1. The van der Waals surface area contributed by atoms with E-state index < -0.39 is 0 Å². The summed E-state index contributed by atoms with van der Waals surface area (Å²) in [6.45, 7) is 4.90. The molecule has 1 N–H and O–H groups in total. The zero-order valence-corrected chi connectivity index (χ0v) is 15.8. The zero-order chi connectivity index (χ0) is 18.8. The number of terminal acetylenes is 1. The summed E-state index contributed by atoms with van der Waals surface area (Å²) in [7, 11) is 2.10. The lowest BCUT2D eigenvalue weighted by Gasteiger charge is -2.50. The molecule has 6 nitrogen and oxygen atoms in total. The highest BCUT2D eigenvalue weighted by atomic mass is 16.7. The molecule has 144 valence electrons. The third-order valence-electron chi connectivity index (χ3n) is 6.05. The van der Waals surface area contributed by atoms with E-state index in [0.29, 0.717) is 42.1 Å². The van der Waals surface area contributed by atoms with Crippen molar-refractivity contribution in [1.82, 2.24) is 15.1 Å². The molecule has 0 radical (unpaired) electrons. The van der Waals surface area contributed by atoms with Crippen LogP contribution in [0.15, 0.2) is 18.2 Å². The lowest BCUT2D eigenvalue weighted by atomic mass is 9.75. The smallest absolute Gasteiger partial charge is 0.251 e. The second kappa shape index (κ2) is 7.79. The Morgan fingerprint density at radius 3 is 3.04 bits per heavy atom. The molecule has 4 atom stereocenters. The lowest BCUT2D eigenvalue weighted by Crippen LogP contribution is -2.58. The summed E-state index contributed by atoms with van der Waals surface area (Å²) in [5, 5.41) is 3.11. The first-order valence-electron chi connectivity index (χ1n) is 9.68. The maximum absolute atomic E-state index is 12.5. The van der Waals surface area contributed by atoms with Gasteiger partial charge in [0.05, 0.1) is 6.54 Å². The van der Waals surface area contributed by atoms with Gasteiger partial charge in [0.25, 0.3) is 5.91 Å². The Hall–Kier alpha value is -2.23. The molecule has 4 heterocycles. The number of nitrogens with one attached hydrogen (secondary N) is 1. The summed E-state index contributed by atoms with van der Waals surface area (Å²) >= 11 is 0. The van der Waals surface area contributed by atoms with Crippen molar-refractivity contribution in [2.24, 2.45) is 11.8 Å². The number of hydrogen-bond acceptors (Lipinski definition) is 5. The molecule has 1 aromatic carbocycles. The summed E-state index contributed by atoms with van der Waals surface area (Å²) in [4.78, 5) is 17.3. The Bertz CT molecular complexity index is 745. The molecule has 4 aliphatic rings. The monoisotopic (exact) mass is 369 g/mol. The van der Waals surface area contributed by atoms with Crippen molar-refractivity contribution in [2.45, 2.75) is 18.9 Å². The lowest BCUT2D eigenvalue weighted by molar-refractivity contribution is -0.00762. The summed E-state index contributed by atoms with van der Waals surface area (Å²) in [5.74, 6) is 5.41. The number of carbonyl (C=O) groups is 1. The van der Waals surface area contributed by atoms with Crippen LogP contribution in [0.3, 0.4) is 0 Å². The number of ether oxygens (including phenoxy) is 2. The SMILES string of the molecule is C#CCN(C)CC1CN2CCC1CC2CNC(=O)c1ccc2c(c1)OCO2. The largest absolute Gasteiger partial charge is 0.454 e. The number of nitrogens with zero attached hydrogens (tertiary/aromatic N) is 2. The highest BCUT2D eigenvalue weighted by molar-refractivity contribution is 5.94. The van der Waals surface area contributed by atoms with Crippen LogP contribution in [-0.4, -0.2) is 68.3 Å². The van der Waals surface area contributed by atoms with Crippen molar-refractivity contribution >= 4 is 5.91 Å². The molecule has 5 rings (SSSR count). The van der Waals surface area contributed by atoms with Crippen LogP contribution in [0.4, 0.5) is 0 Å². The van der Waals surface area contributed by atoms with Crippen molar-refractivity contribution in [1.29, 1.82) is 0 Å². The highest BCUT2D eigenvalue weighted by Gasteiger charge is 2.40. The molecule has 27 heavy (non-hydrogen) atoms. The van der Waals surface area contributed by atoms with Crippen LogP contribution >= 0.6 is 0 Å². The zero-order valence-electron chi connectivity index (χ0n) is 15.8. The topological polar surface area (TPSA) is 54.0 Å². The van der Waals surface area contributed by atoms with E-state index >= 15 is 0 Å². The molecular weight excluding hydrogens is 342 g/mol. The molecule has 0 spiro atoms. The number of piperidine rings is 3. The normalized spacial score (nSPS) is 28.2. The summed E-state index contributed by atoms with van der Waals surface area (Å²) in [6.07, 6.45) is 7.82. The average molecular weight is 369 g/mol. The Morgan fingerprint density at radius 1 is 1.41 bits per heavy atom.